The summed E-state index contributed by atoms with van der Waals surface area (Å²) in [6, 6.07) is 5.93. The fourth-order valence-corrected chi connectivity index (χ4v) is 3.51. The summed E-state index contributed by atoms with van der Waals surface area (Å²) in [6.45, 7) is 3.85. The molecule has 0 aromatic heterocycles. The number of carbonyl (C=O) groups is 1. The van der Waals surface area contributed by atoms with Gasteiger partial charge in [0.15, 0.2) is 0 Å². The first kappa shape index (κ1) is 18.2. The number of benzene rings is 1. The lowest BCUT2D eigenvalue weighted by atomic mass is 10.1. The molecule has 1 aromatic carbocycles. The molecule has 0 radical (unpaired) electrons. The minimum absolute atomic E-state index is 0.0705. The summed E-state index contributed by atoms with van der Waals surface area (Å²) in [7, 11) is 1.33. The van der Waals surface area contributed by atoms with Crippen molar-refractivity contribution in [2.45, 2.75) is 24.3 Å². The molecule has 0 saturated heterocycles. The van der Waals surface area contributed by atoms with Crippen LogP contribution in [0.4, 0.5) is 13.2 Å². The van der Waals surface area contributed by atoms with E-state index in [2.05, 4.69) is 0 Å². The third kappa shape index (κ3) is 4.23. The zero-order valence-electron chi connectivity index (χ0n) is 12.8. The number of methoxy groups -OCH3 is 1. The van der Waals surface area contributed by atoms with Gasteiger partial charge in [0.05, 0.1) is 13.0 Å². The molecule has 1 fully saturated rings. The summed E-state index contributed by atoms with van der Waals surface area (Å²) in [5, 5.41) is 0.333. The van der Waals surface area contributed by atoms with Gasteiger partial charge < -0.3 is 4.74 Å². The van der Waals surface area contributed by atoms with Gasteiger partial charge in [-0.25, -0.2) is 0 Å². The van der Waals surface area contributed by atoms with Crippen molar-refractivity contribution < 1.29 is 22.7 Å². The Balaban J connectivity index is 2.19. The highest BCUT2D eigenvalue weighted by Gasteiger charge is 2.61. The molecule has 0 aliphatic heterocycles. The van der Waals surface area contributed by atoms with Crippen molar-refractivity contribution in [2.24, 2.45) is 17.3 Å². The van der Waals surface area contributed by atoms with Gasteiger partial charge in [-0.15, -0.1) is 0 Å². The van der Waals surface area contributed by atoms with E-state index in [1.807, 2.05) is 13.8 Å². The molecule has 1 aliphatic carbocycles. The smallest absolute Gasteiger partial charge is 0.446 e. The molecular weight excluding hydrogens is 349 g/mol. The SMILES string of the molecule is COC(=O)C1C(C=C(Cl)c2cccc(SC(F)(F)F)c2)C1(C)C. The number of hydrogen-bond acceptors (Lipinski definition) is 3. The first-order valence-electron chi connectivity index (χ1n) is 6.87. The fraction of sp³-hybridized carbons (Fsp3) is 0.438. The fourth-order valence-electron chi connectivity index (χ4n) is 2.66. The maximum atomic E-state index is 12.4. The summed E-state index contributed by atoms with van der Waals surface area (Å²) in [5.74, 6) is -0.683. The minimum Gasteiger partial charge on any atom is -0.469 e. The second-order valence-corrected chi connectivity index (χ2v) is 7.48. The molecule has 23 heavy (non-hydrogen) atoms. The Morgan fingerprint density at radius 2 is 2.04 bits per heavy atom. The average molecular weight is 365 g/mol. The second-order valence-electron chi connectivity index (χ2n) is 5.94. The maximum absolute atomic E-state index is 12.4. The van der Waals surface area contributed by atoms with Crippen molar-refractivity contribution >= 4 is 34.4 Å². The monoisotopic (exact) mass is 364 g/mol. The molecule has 126 valence electrons. The molecule has 0 bridgehead atoms. The van der Waals surface area contributed by atoms with Crippen LogP contribution in [0.5, 0.6) is 0 Å². The van der Waals surface area contributed by atoms with Crippen LogP contribution in [-0.2, 0) is 9.53 Å². The number of alkyl halides is 3. The lowest BCUT2D eigenvalue weighted by Crippen LogP contribution is -2.07. The maximum Gasteiger partial charge on any atom is 0.446 e. The van der Waals surface area contributed by atoms with Crippen LogP contribution in [0.15, 0.2) is 35.2 Å². The molecular formula is C16H16ClF3O2S. The van der Waals surface area contributed by atoms with Gasteiger partial charge in [-0.05, 0) is 40.8 Å². The van der Waals surface area contributed by atoms with Crippen LogP contribution in [0.3, 0.4) is 0 Å². The topological polar surface area (TPSA) is 26.3 Å². The second kappa shape index (κ2) is 6.40. The summed E-state index contributed by atoms with van der Waals surface area (Å²) in [6.07, 6.45) is 1.72. The van der Waals surface area contributed by atoms with Crippen LogP contribution in [0.2, 0.25) is 0 Å². The van der Waals surface area contributed by atoms with Gasteiger partial charge in [0, 0.05) is 9.93 Å². The van der Waals surface area contributed by atoms with E-state index in [4.69, 9.17) is 16.3 Å². The van der Waals surface area contributed by atoms with E-state index in [9.17, 15) is 18.0 Å². The first-order chi connectivity index (χ1) is 10.6. The number of halogens is 4. The van der Waals surface area contributed by atoms with Crippen molar-refractivity contribution in [3.8, 4) is 0 Å². The number of rotatable bonds is 4. The Hall–Kier alpha value is -1.14. The van der Waals surface area contributed by atoms with Crippen molar-refractivity contribution in [1.82, 2.24) is 0 Å². The number of allylic oxidation sites excluding steroid dienone is 1. The van der Waals surface area contributed by atoms with E-state index < -0.39 is 5.51 Å². The zero-order chi connectivity index (χ0) is 17.4. The number of thioether (sulfide) groups is 1. The normalized spacial score (nSPS) is 23.5. The third-order valence-corrected chi connectivity index (χ3v) is 5.10. The highest BCUT2D eigenvalue weighted by molar-refractivity contribution is 8.00. The van der Waals surface area contributed by atoms with Crippen molar-refractivity contribution in [2.75, 3.05) is 7.11 Å². The molecule has 7 heteroatoms. The molecule has 2 rings (SSSR count). The third-order valence-electron chi connectivity index (χ3n) is 4.04. The van der Waals surface area contributed by atoms with E-state index in [1.54, 1.807) is 12.1 Å². The highest BCUT2D eigenvalue weighted by Crippen LogP contribution is 2.60. The Labute approximate surface area is 142 Å². The van der Waals surface area contributed by atoms with E-state index in [0.717, 1.165) is 0 Å². The molecule has 1 aromatic rings. The highest BCUT2D eigenvalue weighted by atomic mass is 35.5. The molecule has 0 N–H and O–H groups in total. The van der Waals surface area contributed by atoms with Crippen molar-refractivity contribution in [1.29, 1.82) is 0 Å². The molecule has 0 spiro atoms. The Bertz CT molecular complexity index is 640. The number of esters is 1. The molecule has 1 aliphatic rings. The van der Waals surface area contributed by atoms with E-state index in [-0.39, 0.29) is 39.9 Å². The predicted molar refractivity (Wildman–Crippen MR) is 85.0 cm³/mol. The molecule has 2 atom stereocenters. The lowest BCUT2D eigenvalue weighted by Gasteiger charge is -2.07. The van der Waals surface area contributed by atoms with E-state index in [0.29, 0.717) is 10.6 Å². The number of ether oxygens (including phenoxy) is 1. The van der Waals surface area contributed by atoms with Gasteiger partial charge in [0.25, 0.3) is 0 Å². The summed E-state index contributed by atoms with van der Waals surface area (Å²) in [5.41, 5.74) is -4.12. The minimum atomic E-state index is -4.34. The van der Waals surface area contributed by atoms with Crippen molar-refractivity contribution in [3.05, 3.63) is 35.9 Å². The van der Waals surface area contributed by atoms with Gasteiger partial charge in [-0.2, -0.15) is 13.2 Å². The quantitative estimate of drug-likeness (QED) is 0.534. The van der Waals surface area contributed by atoms with Gasteiger partial charge in [-0.1, -0.05) is 43.7 Å². The predicted octanol–water partition coefficient (Wildman–Crippen LogP) is 5.32. The molecule has 0 heterocycles. The molecule has 1 saturated carbocycles. The number of carbonyl (C=O) groups excluding carboxylic acids is 1. The van der Waals surface area contributed by atoms with Crippen LogP contribution in [0.1, 0.15) is 19.4 Å². The van der Waals surface area contributed by atoms with Gasteiger partial charge in [0.1, 0.15) is 0 Å². The summed E-state index contributed by atoms with van der Waals surface area (Å²) >= 11 is 6.06. The summed E-state index contributed by atoms with van der Waals surface area (Å²) in [4.78, 5) is 11.8. The summed E-state index contributed by atoms with van der Waals surface area (Å²) < 4.78 is 42.1. The van der Waals surface area contributed by atoms with Gasteiger partial charge >= 0.3 is 11.5 Å². The van der Waals surface area contributed by atoms with Crippen LogP contribution >= 0.6 is 23.4 Å². The van der Waals surface area contributed by atoms with E-state index >= 15 is 0 Å². The first-order valence-corrected chi connectivity index (χ1v) is 8.07. The van der Waals surface area contributed by atoms with Crippen molar-refractivity contribution in [3.63, 3.8) is 0 Å². The van der Waals surface area contributed by atoms with E-state index in [1.165, 1.54) is 25.3 Å². The Kier molecular flexibility index (Phi) is 5.06. The standard InChI is InChI=1S/C16H16ClF3O2S/c1-15(2)11(13(15)14(21)22-3)8-12(17)9-5-4-6-10(7-9)23-16(18,19)20/h4-8,11,13H,1-3H3. The zero-order valence-corrected chi connectivity index (χ0v) is 14.4. The molecule has 0 amide bonds. The number of hydrogen-bond donors (Lipinski definition) is 0. The Morgan fingerprint density at radius 3 is 2.61 bits per heavy atom. The van der Waals surface area contributed by atoms with Crippen LogP contribution in [-0.4, -0.2) is 18.6 Å². The lowest BCUT2D eigenvalue weighted by molar-refractivity contribution is -0.143. The largest absolute Gasteiger partial charge is 0.469 e. The van der Waals surface area contributed by atoms with Crippen LogP contribution in [0.25, 0.3) is 5.03 Å². The van der Waals surface area contributed by atoms with Crippen LogP contribution < -0.4 is 0 Å². The molecule has 2 nitrogen and oxygen atoms in total. The van der Waals surface area contributed by atoms with Gasteiger partial charge in [0.2, 0.25) is 0 Å². The van der Waals surface area contributed by atoms with Crippen LogP contribution in [0, 0.1) is 17.3 Å². The average Bonchev–Trinajstić information content (AvgIpc) is 2.97. The Morgan fingerprint density at radius 1 is 1.39 bits per heavy atom. The molecule has 2 unspecified atom stereocenters. The van der Waals surface area contributed by atoms with Gasteiger partial charge in [-0.3, -0.25) is 4.79 Å².